The van der Waals surface area contributed by atoms with Crippen molar-refractivity contribution in [3.8, 4) is 0 Å². The third-order valence-corrected chi connectivity index (χ3v) is 3.21. The van der Waals surface area contributed by atoms with Crippen LogP contribution >= 0.6 is 0 Å². The van der Waals surface area contributed by atoms with Crippen LogP contribution in [0.4, 0.5) is 5.69 Å². The molecular formula is C17H24N2O4. The van der Waals surface area contributed by atoms with Crippen molar-refractivity contribution >= 4 is 23.5 Å². The fraction of sp³-hybridized carbons (Fsp3) is 0.471. The van der Waals surface area contributed by atoms with Crippen LogP contribution in [0.25, 0.3) is 0 Å². The number of hydrogen-bond acceptors (Lipinski definition) is 3. The molecule has 0 aliphatic rings. The van der Waals surface area contributed by atoms with E-state index < -0.39 is 5.97 Å². The number of aryl methyl sites for hydroxylation is 1. The van der Waals surface area contributed by atoms with Gasteiger partial charge in [-0.05, 0) is 43.0 Å². The van der Waals surface area contributed by atoms with Crippen LogP contribution in [0, 0.1) is 12.8 Å². The van der Waals surface area contributed by atoms with Gasteiger partial charge >= 0.3 is 5.97 Å². The van der Waals surface area contributed by atoms with E-state index in [0.717, 1.165) is 5.56 Å². The fourth-order valence-corrected chi connectivity index (χ4v) is 2.06. The molecule has 0 saturated heterocycles. The summed E-state index contributed by atoms with van der Waals surface area (Å²) in [6.07, 6.45) is 0.870. The molecule has 0 saturated carbocycles. The van der Waals surface area contributed by atoms with Crippen LogP contribution in [-0.2, 0) is 9.59 Å². The van der Waals surface area contributed by atoms with Gasteiger partial charge in [-0.25, -0.2) is 0 Å². The first-order chi connectivity index (χ1) is 10.8. The van der Waals surface area contributed by atoms with Gasteiger partial charge in [-0.3, -0.25) is 14.4 Å². The van der Waals surface area contributed by atoms with Gasteiger partial charge in [0.1, 0.15) is 0 Å². The number of carboxylic acids is 1. The maximum Gasteiger partial charge on any atom is 0.303 e. The molecule has 126 valence electrons. The molecule has 0 radical (unpaired) electrons. The first-order valence-corrected chi connectivity index (χ1v) is 7.70. The summed E-state index contributed by atoms with van der Waals surface area (Å²) in [5, 5.41) is 14.1. The number of hydrogen-bond donors (Lipinski definition) is 3. The van der Waals surface area contributed by atoms with E-state index >= 15 is 0 Å². The average Bonchev–Trinajstić information content (AvgIpc) is 2.44. The van der Waals surface area contributed by atoms with E-state index in [1.54, 1.807) is 18.2 Å². The molecule has 1 aromatic rings. The molecule has 0 spiro atoms. The Hall–Kier alpha value is -2.37. The molecule has 6 heteroatoms. The van der Waals surface area contributed by atoms with E-state index in [1.807, 2.05) is 20.8 Å². The topological polar surface area (TPSA) is 95.5 Å². The molecule has 0 heterocycles. The molecule has 0 bridgehead atoms. The smallest absolute Gasteiger partial charge is 0.303 e. The van der Waals surface area contributed by atoms with Crippen LogP contribution < -0.4 is 10.6 Å². The number of rotatable bonds is 8. The monoisotopic (exact) mass is 320 g/mol. The van der Waals surface area contributed by atoms with Gasteiger partial charge in [0.2, 0.25) is 5.91 Å². The molecule has 23 heavy (non-hydrogen) atoms. The highest BCUT2D eigenvalue weighted by Crippen LogP contribution is 2.17. The lowest BCUT2D eigenvalue weighted by Crippen LogP contribution is -2.25. The van der Waals surface area contributed by atoms with E-state index in [9.17, 15) is 14.4 Å². The molecule has 1 aromatic carbocycles. The van der Waals surface area contributed by atoms with E-state index in [4.69, 9.17) is 5.11 Å². The number of aliphatic carboxylic acids is 1. The Morgan fingerprint density at radius 3 is 2.48 bits per heavy atom. The zero-order valence-electron chi connectivity index (χ0n) is 13.8. The zero-order chi connectivity index (χ0) is 17.4. The highest BCUT2D eigenvalue weighted by atomic mass is 16.4. The minimum Gasteiger partial charge on any atom is -0.481 e. The number of nitrogens with one attached hydrogen (secondary N) is 2. The van der Waals surface area contributed by atoms with Crippen molar-refractivity contribution in [3.63, 3.8) is 0 Å². The minimum atomic E-state index is -0.878. The molecule has 0 aliphatic carbocycles. The lowest BCUT2D eigenvalue weighted by atomic mass is 10.1. The van der Waals surface area contributed by atoms with E-state index in [1.165, 1.54) is 0 Å². The standard InChI is InChI=1S/C17H24N2O4/c1-11(2)9-15(20)19-14-7-6-13(10-12(14)3)17(23)18-8-4-5-16(21)22/h6-7,10-11H,4-5,8-9H2,1-3H3,(H,18,23)(H,19,20)(H,21,22). The second-order valence-corrected chi connectivity index (χ2v) is 5.93. The molecule has 3 N–H and O–H groups in total. The molecule has 0 unspecified atom stereocenters. The summed E-state index contributed by atoms with van der Waals surface area (Å²) in [7, 11) is 0. The molecule has 0 atom stereocenters. The van der Waals surface area contributed by atoms with Crippen LogP contribution in [0.5, 0.6) is 0 Å². The van der Waals surface area contributed by atoms with Crippen molar-refractivity contribution in [2.24, 2.45) is 5.92 Å². The third kappa shape index (κ3) is 6.95. The number of carboxylic acid groups (broad SMARTS) is 1. The van der Waals surface area contributed by atoms with Gasteiger partial charge in [0, 0.05) is 30.6 Å². The van der Waals surface area contributed by atoms with Gasteiger partial charge < -0.3 is 15.7 Å². The van der Waals surface area contributed by atoms with Gasteiger partial charge in [-0.2, -0.15) is 0 Å². The number of amides is 2. The zero-order valence-corrected chi connectivity index (χ0v) is 13.8. The number of carbonyl (C=O) groups is 3. The van der Waals surface area contributed by atoms with Crippen molar-refractivity contribution in [1.82, 2.24) is 5.32 Å². The Bertz CT molecular complexity index is 582. The van der Waals surface area contributed by atoms with Crippen molar-refractivity contribution < 1.29 is 19.5 Å². The van der Waals surface area contributed by atoms with E-state index in [0.29, 0.717) is 30.6 Å². The predicted octanol–water partition coefficient (Wildman–Crippen LogP) is 2.57. The minimum absolute atomic E-state index is 0.0279. The maximum atomic E-state index is 12.0. The summed E-state index contributed by atoms with van der Waals surface area (Å²) in [6.45, 7) is 6.09. The normalized spacial score (nSPS) is 10.4. The van der Waals surface area contributed by atoms with Crippen molar-refractivity contribution in [2.75, 3.05) is 11.9 Å². The Balaban J connectivity index is 2.59. The van der Waals surface area contributed by atoms with Gasteiger partial charge in [0.05, 0.1) is 0 Å². The van der Waals surface area contributed by atoms with Crippen LogP contribution in [0.3, 0.4) is 0 Å². The number of benzene rings is 1. The van der Waals surface area contributed by atoms with Crippen molar-refractivity contribution in [3.05, 3.63) is 29.3 Å². The van der Waals surface area contributed by atoms with E-state index in [-0.39, 0.29) is 24.2 Å². The van der Waals surface area contributed by atoms with E-state index in [2.05, 4.69) is 10.6 Å². The molecule has 0 aromatic heterocycles. The second kappa shape index (κ2) is 8.92. The molecule has 0 fully saturated rings. The summed E-state index contributed by atoms with van der Waals surface area (Å²) in [5.41, 5.74) is 1.98. The maximum absolute atomic E-state index is 12.0. The summed E-state index contributed by atoms with van der Waals surface area (Å²) in [5.74, 6) is -0.893. The first kappa shape index (κ1) is 18.7. The SMILES string of the molecule is Cc1cc(C(=O)NCCCC(=O)O)ccc1NC(=O)CC(C)C. The van der Waals surface area contributed by atoms with Crippen LogP contribution in [0.1, 0.15) is 49.0 Å². The van der Waals surface area contributed by atoms with Gasteiger partial charge in [0.15, 0.2) is 0 Å². The van der Waals surface area contributed by atoms with Crippen molar-refractivity contribution in [2.45, 2.75) is 40.0 Å². The van der Waals surface area contributed by atoms with Gasteiger partial charge in [-0.15, -0.1) is 0 Å². The van der Waals surface area contributed by atoms with Gasteiger partial charge in [-0.1, -0.05) is 13.8 Å². The lowest BCUT2D eigenvalue weighted by molar-refractivity contribution is -0.137. The summed E-state index contributed by atoms with van der Waals surface area (Å²) < 4.78 is 0. The fourth-order valence-electron chi connectivity index (χ4n) is 2.06. The summed E-state index contributed by atoms with van der Waals surface area (Å²) in [6, 6.07) is 5.06. The van der Waals surface area contributed by atoms with Crippen LogP contribution in [0.15, 0.2) is 18.2 Å². The van der Waals surface area contributed by atoms with Crippen LogP contribution in [0.2, 0.25) is 0 Å². The average molecular weight is 320 g/mol. The second-order valence-electron chi connectivity index (χ2n) is 5.93. The molecule has 6 nitrogen and oxygen atoms in total. The Kier molecular flexibility index (Phi) is 7.25. The van der Waals surface area contributed by atoms with Crippen LogP contribution in [-0.4, -0.2) is 29.4 Å². The van der Waals surface area contributed by atoms with Gasteiger partial charge in [0.25, 0.3) is 5.91 Å². The highest BCUT2D eigenvalue weighted by molar-refractivity contribution is 5.96. The Labute approximate surface area is 136 Å². The summed E-state index contributed by atoms with van der Waals surface area (Å²) >= 11 is 0. The largest absolute Gasteiger partial charge is 0.481 e. The quantitative estimate of drug-likeness (QED) is 0.641. The summed E-state index contributed by atoms with van der Waals surface area (Å²) in [4.78, 5) is 34.2. The molecular weight excluding hydrogens is 296 g/mol. The Morgan fingerprint density at radius 1 is 1.22 bits per heavy atom. The first-order valence-electron chi connectivity index (χ1n) is 7.70. The van der Waals surface area contributed by atoms with Crippen molar-refractivity contribution in [1.29, 1.82) is 0 Å². The number of carbonyl (C=O) groups excluding carboxylic acids is 2. The highest BCUT2D eigenvalue weighted by Gasteiger charge is 2.10. The molecule has 2 amide bonds. The Morgan fingerprint density at radius 2 is 1.91 bits per heavy atom. The molecule has 1 rings (SSSR count). The lowest BCUT2D eigenvalue weighted by Gasteiger charge is -2.11. The predicted molar refractivity (Wildman–Crippen MR) is 88.5 cm³/mol. The number of anilines is 1. The molecule has 0 aliphatic heterocycles. The third-order valence-electron chi connectivity index (χ3n) is 3.21.